The number of carbonyl (C=O) groups is 2. The second-order valence-corrected chi connectivity index (χ2v) is 5.28. The molecule has 1 unspecified atom stereocenters. The van der Waals surface area contributed by atoms with E-state index in [1.165, 1.54) is 4.90 Å². The summed E-state index contributed by atoms with van der Waals surface area (Å²) in [7, 11) is 3.39. The van der Waals surface area contributed by atoms with Gasteiger partial charge < -0.3 is 15.5 Å². The lowest BCUT2D eigenvalue weighted by atomic mass is 9.76. The molecule has 2 amide bonds. The zero-order valence-electron chi connectivity index (χ0n) is 11.7. The van der Waals surface area contributed by atoms with Crippen LogP contribution in [0.2, 0.25) is 0 Å². The van der Waals surface area contributed by atoms with Gasteiger partial charge in [0.1, 0.15) is 0 Å². The predicted octanol–water partition coefficient (Wildman–Crippen LogP) is 0.361. The Balaban J connectivity index is 2.57. The number of hydrogen-bond acceptors (Lipinski definition) is 3. The second kappa shape index (κ2) is 6.73. The number of nitrogens with one attached hydrogen (secondary N) is 2. The van der Waals surface area contributed by atoms with Crippen LogP contribution < -0.4 is 10.6 Å². The Bertz CT molecular complexity index is 291. The highest BCUT2D eigenvalue weighted by Gasteiger charge is 2.38. The molecule has 5 nitrogen and oxygen atoms in total. The van der Waals surface area contributed by atoms with Crippen LogP contribution in [-0.2, 0) is 9.59 Å². The first kappa shape index (κ1) is 15.0. The van der Waals surface area contributed by atoms with E-state index in [0.29, 0.717) is 0 Å². The molecule has 18 heavy (non-hydrogen) atoms. The third-order valence-corrected chi connectivity index (χ3v) is 3.58. The zero-order valence-corrected chi connectivity index (χ0v) is 11.7. The second-order valence-electron chi connectivity index (χ2n) is 5.28. The molecule has 0 aromatic heterocycles. The van der Waals surface area contributed by atoms with Crippen molar-refractivity contribution in [2.24, 2.45) is 5.41 Å². The van der Waals surface area contributed by atoms with Crippen LogP contribution in [0.4, 0.5) is 0 Å². The Hall–Kier alpha value is -1.10. The third-order valence-electron chi connectivity index (χ3n) is 3.58. The fourth-order valence-electron chi connectivity index (χ4n) is 2.47. The molecule has 1 fully saturated rings. The maximum Gasteiger partial charge on any atom is 0.241 e. The van der Waals surface area contributed by atoms with E-state index in [1.54, 1.807) is 14.1 Å². The van der Waals surface area contributed by atoms with E-state index in [0.717, 1.165) is 38.8 Å². The summed E-state index contributed by atoms with van der Waals surface area (Å²) in [5.41, 5.74) is -0.320. The summed E-state index contributed by atoms with van der Waals surface area (Å²) in [5.74, 6) is -0.0504. The molecule has 0 aromatic carbocycles. The molecule has 1 aliphatic rings. The third kappa shape index (κ3) is 3.70. The number of amides is 2. The van der Waals surface area contributed by atoms with Gasteiger partial charge in [0, 0.05) is 20.6 Å². The smallest absolute Gasteiger partial charge is 0.241 e. The highest BCUT2D eigenvalue weighted by atomic mass is 16.2. The molecule has 0 aromatic rings. The van der Waals surface area contributed by atoms with Crippen molar-refractivity contribution in [3.05, 3.63) is 0 Å². The van der Waals surface area contributed by atoms with Crippen LogP contribution >= 0.6 is 0 Å². The first-order valence-corrected chi connectivity index (χ1v) is 6.71. The fourth-order valence-corrected chi connectivity index (χ4v) is 2.47. The van der Waals surface area contributed by atoms with Gasteiger partial charge >= 0.3 is 0 Å². The minimum atomic E-state index is -0.320. The number of rotatable bonds is 5. The van der Waals surface area contributed by atoms with E-state index >= 15 is 0 Å². The van der Waals surface area contributed by atoms with Crippen LogP contribution in [0.1, 0.15) is 32.6 Å². The van der Waals surface area contributed by atoms with Crippen LogP contribution in [0, 0.1) is 5.41 Å². The van der Waals surface area contributed by atoms with E-state index < -0.39 is 0 Å². The van der Waals surface area contributed by atoms with Crippen molar-refractivity contribution in [2.45, 2.75) is 32.6 Å². The van der Waals surface area contributed by atoms with Crippen LogP contribution in [0.3, 0.4) is 0 Å². The number of nitrogens with zero attached hydrogens (tertiary/aromatic N) is 1. The van der Waals surface area contributed by atoms with Crippen molar-refractivity contribution in [1.29, 1.82) is 0 Å². The predicted molar refractivity (Wildman–Crippen MR) is 71.1 cm³/mol. The van der Waals surface area contributed by atoms with Gasteiger partial charge in [0.2, 0.25) is 11.8 Å². The van der Waals surface area contributed by atoms with Crippen molar-refractivity contribution >= 4 is 11.8 Å². The number of carbonyl (C=O) groups excluding carboxylic acids is 2. The Morgan fingerprint density at radius 1 is 1.39 bits per heavy atom. The topological polar surface area (TPSA) is 61.4 Å². The molecule has 1 atom stereocenters. The van der Waals surface area contributed by atoms with E-state index in [4.69, 9.17) is 0 Å². The van der Waals surface area contributed by atoms with Gasteiger partial charge in [-0.05, 0) is 25.8 Å². The first-order valence-electron chi connectivity index (χ1n) is 6.71. The molecule has 0 spiro atoms. The summed E-state index contributed by atoms with van der Waals surface area (Å²) in [4.78, 5) is 25.3. The first-order chi connectivity index (χ1) is 8.52. The van der Waals surface area contributed by atoms with Gasteiger partial charge in [-0.3, -0.25) is 9.59 Å². The van der Waals surface area contributed by atoms with Gasteiger partial charge in [-0.1, -0.05) is 13.3 Å². The lowest BCUT2D eigenvalue weighted by Crippen LogP contribution is -2.52. The van der Waals surface area contributed by atoms with Gasteiger partial charge in [0.25, 0.3) is 0 Å². The van der Waals surface area contributed by atoms with Crippen molar-refractivity contribution < 1.29 is 9.59 Å². The molecule has 1 rings (SSSR count). The summed E-state index contributed by atoms with van der Waals surface area (Å²) < 4.78 is 0. The van der Waals surface area contributed by atoms with Gasteiger partial charge in [-0.25, -0.2) is 0 Å². The Morgan fingerprint density at radius 2 is 2.11 bits per heavy atom. The molecule has 5 heteroatoms. The highest BCUT2D eigenvalue weighted by Crippen LogP contribution is 2.31. The van der Waals surface area contributed by atoms with Crippen molar-refractivity contribution in [2.75, 3.05) is 33.7 Å². The minimum absolute atomic E-state index is 0.0201. The monoisotopic (exact) mass is 255 g/mol. The summed E-state index contributed by atoms with van der Waals surface area (Å²) in [6.07, 6.45) is 3.80. The minimum Gasteiger partial charge on any atom is -0.347 e. The number of likely N-dealkylation sites (N-methyl/N-ethyl adjacent to an activating group) is 1. The number of hydrogen-bond donors (Lipinski definition) is 2. The molecular formula is C13H25N3O2. The highest BCUT2D eigenvalue weighted by molar-refractivity contribution is 5.88. The summed E-state index contributed by atoms with van der Waals surface area (Å²) >= 11 is 0. The summed E-state index contributed by atoms with van der Waals surface area (Å²) in [6, 6.07) is 0. The molecule has 104 valence electrons. The molecule has 0 saturated carbocycles. The zero-order chi connectivity index (χ0) is 13.6. The SMILES string of the molecule is CCCC1(C(=O)NCC(=O)N(C)C)CCCNC1. The Morgan fingerprint density at radius 3 is 2.61 bits per heavy atom. The van der Waals surface area contributed by atoms with Gasteiger partial charge in [0.05, 0.1) is 12.0 Å². The maximum atomic E-state index is 12.3. The van der Waals surface area contributed by atoms with Crippen molar-refractivity contribution in [3.63, 3.8) is 0 Å². The van der Waals surface area contributed by atoms with Crippen molar-refractivity contribution in [1.82, 2.24) is 15.5 Å². The average Bonchev–Trinajstić information content (AvgIpc) is 2.36. The van der Waals surface area contributed by atoms with Crippen LogP contribution in [0.25, 0.3) is 0 Å². The molecule has 2 N–H and O–H groups in total. The van der Waals surface area contributed by atoms with E-state index in [2.05, 4.69) is 17.6 Å². The largest absolute Gasteiger partial charge is 0.347 e. The standard InChI is InChI=1S/C13H25N3O2/c1-4-6-13(7-5-8-14-10-13)12(18)15-9-11(17)16(2)3/h14H,4-10H2,1-3H3,(H,15,18). The summed E-state index contributed by atoms with van der Waals surface area (Å²) in [6.45, 7) is 3.89. The maximum absolute atomic E-state index is 12.3. The molecule has 1 aliphatic heterocycles. The fraction of sp³-hybridized carbons (Fsp3) is 0.846. The van der Waals surface area contributed by atoms with Crippen LogP contribution in [0.15, 0.2) is 0 Å². The van der Waals surface area contributed by atoms with Crippen LogP contribution in [0.5, 0.6) is 0 Å². The average molecular weight is 255 g/mol. The molecule has 1 heterocycles. The summed E-state index contributed by atoms with van der Waals surface area (Å²) in [5, 5.41) is 6.08. The normalized spacial score (nSPS) is 23.5. The van der Waals surface area contributed by atoms with Crippen molar-refractivity contribution in [3.8, 4) is 0 Å². The van der Waals surface area contributed by atoms with E-state index in [1.807, 2.05) is 0 Å². The lowest BCUT2D eigenvalue weighted by molar-refractivity contribution is -0.136. The quantitative estimate of drug-likeness (QED) is 0.746. The number of piperidine rings is 1. The molecule has 0 radical (unpaired) electrons. The Kier molecular flexibility index (Phi) is 5.59. The Labute approximate surface area is 109 Å². The van der Waals surface area contributed by atoms with E-state index in [9.17, 15) is 9.59 Å². The molecule has 0 bridgehead atoms. The van der Waals surface area contributed by atoms with Crippen LogP contribution in [-0.4, -0.2) is 50.4 Å². The molecule has 1 saturated heterocycles. The lowest BCUT2D eigenvalue weighted by Gasteiger charge is -2.36. The molecule has 0 aliphatic carbocycles. The van der Waals surface area contributed by atoms with Gasteiger partial charge in [-0.2, -0.15) is 0 Å². The molecular weight excluding hydrogens is 230 g/mol. The van der Waals surface area contributed by atoms with E-state index in [-0.39, 0.29) is 23.8 Å². The van der Waals surface area contributed by atoms with Gasteiger partial charge in [0.15, 0.2) is 0 Å². The van der Waals surface area contributed by atoms with Gasteiger partial charge in [-0.15, -0.1) is 0 Å².